The molecule has 11 heteroatoms. The van der Waals surface area contributed by atoms with Gasteiger partial charge in [-0.3, -0.25) is 9.78 Å². The van der Waals surface area contributed by atoms with Crippen LogP contribution in [0, 0.1) is 11.3 Å². The van der Waals surface area contributed by atoms with Crippen LogP contribution in [0.15, 0.2) is 48.7 Å². The lowest BCUT2D eigenvalue weighted by molar-refractivity contribution is -0.120. The number of carbonyl (C=O) groups is 1. The number of nitrogens with zero attached hydrogens (tertiary/aromatic N) is 3. The molecule has 176 valence electrons. The Bertz CT molecular complexity index is 1220. The molecule has 0 aliphatic carbocycles. The molecule has 2 aromatic heterocycles. The molecule has 0 saturated heterocycles. The molecule has 2 heterocycles. The van der Waals surface area contributed by atoms with Crippen molar-refractivity contribution in [1.29, 1.82) is 5.26 Å². The highest BCUT2D eigenvalue weighted by atomic mass is 35.5. The molecule has 0 unspecified atom stereocenters. The second-order valence-corrected chi connectivity index (χ2v) is 7.74. The Morgan fingerprint density at radius 1 is 1.24 bits per heavy atom. The lowest BCUT2D eigenvalue weighted by atomic mass is 10.1. The number of amides is 1. The topological polar surface area (TPSA) is 137 Å². The quantitative estimate of drug-likeness (QED) is 0.364. The second-order valence-electron chi connectivity index (χ2n) is 7.31. The van der Waals surface area contributed by atoms with E-state index in [1.165, 1.54) is 24.4 Å². The first-order valence-corrected chi connectivity index (χ1v) is 10.5. The van der Waals surface area contributed by atoms with Gasteiger partial charge >= 0.3 is 5.92 Å². The maximum absolute atomic E-state index is 14.4. The predicted octanol–water partition coefficient (Wildman–Crippen LogP) is 3.23. The monoisotopic (exact) mass is 486 g/mol. The van der Waals surface area contributed by atoms with Gasteiger partial charge < -0.3 is 21.5 Å². The van der Waals surface area contributed by atoms with E-state index < -0.39 is 29.8 Å². The summed E-state index contributed by atoms with van der Waals surface area (Å²) < 4.78 is 28.8. The molecule has 3 aromatic rings. The molecule has 5 N–H and O–H groups in total. The zero-order valence-electron chi connectivity index (χ0n) is 17.9. The molecule has 0 spiro atoms. The van der Waals surface area contributed by atoms with Crippen LogP contribution in [0.3, 0.4) is 0 Å². The highest BCUT2D eigenvalue weighted by molar-refractivity contribution is 6.30. The number of hydrogen-bond donors (Lipinski definition) is 4. The summed E-state index contributed by atoms with van der Waals surface area (Å²) in [7, 11) is 0. The molecular formula is C23H21ClF2N6O2. The summed E-state index contributed by atoms with van der Waals surface area (Å²) in [6.45, 7) is -0.464. The van der Waals surface area contributed by atoms with Crippen molar-refractivity contribution in [2.24, 2.45) is 5.73 Å². The van der Waals surface area contributed by atoms with Gasteiger partial charge in [-0.05, 0) is 35.4 Å². The average Bonchev–Trinajstić information content (AvgIpc) is 2.83. The van der Waals surface area contributed by atoms with Crippen LogP contribution >= 0.6 is 11.6 Å². The Morgan fingerprint density at radius 3 is 2.71 bits per heavy atom. The number of rotatable bonds is 9. The average molecular weight is 487 g/mol. The maximum Gasteiger partial charge on any atom is 0.306 e. The van der Waals surface area contributed by atoms with Gasteiger partial charge in [0, 0.05) is 30.4 Å². The van der Waals surface area contributed by atoms with Crippen LogP contribution in [0.2, 0.25) is 5.02 Å². The number of aromatic hydroxyl groups is 1. The number of halogens is 3. The second kappa shape index (κ2) is 10.9. The van der Waals surface area contributed by atoms with Gasteiger partial charge in [0.25, 0.3) is 0 Å². The third kappa shape index (κ3) is 6.15. The summed E-state index contributed by atoms with van der Waals surface area (Å²) in [5.41, 5.74) is 6.46. The van der Waals surface area contributed by atoms with E-state index in [9.17, 15) is 23.9 Å². The molecule has 0 bridgehead atoms. The van der Waals surface area contributed by atoms with Crippen LogP contribution in [0.4, 0.5) is 14.6 Å². The highest BCUT2D eigenvalue weighted by Gasteiger charge is 2.33. The number of nitrogens with two attached hydrogens (primary N) is 1. The van der Waals surface area contributed by atoms with E-state index in [2.05, 4.69) is 20.6 Å². The number of benzene rings is 1. The van der Waals surface area contributed by atoms with Crippen LogP contribution in [-0.2, 0) is 30.2 Å². The molecule has 1 aromatic carbocycles. The number of carbonyl (C=O) groups excluding carboxylic acids is 1. The molecule has 0 aliphatic rings. The van der Waals surface area contributed by atoms with Crippen molar-refractivity contribution in [2.75, 3.05) is 11.9 Å². The normalized spacial score (nSPS) is 11.0. The van der Waals surface area contributed by atoms with Gasteiger partial charge in [0.05, 0.1) is 24.2 Å². The van der Waals surface area contributed by atoms with Gasteiger partial charge in [-0.25, -0.2) is 4.98 Å². The molecule has 1 amide bonds. The minimum atomic E-state index is -3.32. The lowest BCUT2D eigenvalue weighted by Crippen LogP contribution is -2.27. The van der Waals surface area contributed by atoms with Crippen molar-refractivity contribution < 1.29 is 18.7 Å². The largest absolute Gasteiger partial charge is 0.505 e. The summed E-state index contributed by atoms with van der Waals surface area (Å²) in [6, 6.07) is 12.2. The fourth-order valence-electron chi connectivity index (χ4n) is 3.13. The Labute approximate surface area is 199 Å². The summed E-state index contributed by atoms with van der Waals surface area (Å²) in [5.74, 6) is -4.41. The van der Waals surface area contributed by atoms with Crippen molar-refractivity contribution in [3.8, 4) is 11.8 Å². The van der Waals surface area contributed by atoms with E-state index in [0.717, 1.165) is 17.2 Å². The van der Waals surface area contributed by atoms with Crippen LogP contribution in [0.5, 0.6) is 5.75 Å². The van der Waals surface area contributed by atoms with Gasteiger partial charge in [-0.1, -0.05) is 23.7 Å². The van der Waals surface area contributed by atoms with E-state index in [0.29, 0.717) is 5.02 Å². The van der Waals surface area contributed by atoms with Crippen LogP contribution < -0.4 is 16.4 Å². The van der Waals surface area contributed by atoms with Crippen molar-refractivity contribution >= 4 is 23.3 Å². The van der Waals surface area contributed by atoms with Crippen LogP contribution in [0.1, 0.15) is 28.1 Å². The summed E-state index contributed by atoms with van der Waals surface area (Å²) in [5, 5.41) is 25.2. The number of aromatic nitrogens is 2. The Hall–Kier alpha value is -3.81. The van der Waals surface area contributed by atoms with E-state index in [1.54, 1.807) is 24.3 Å². The van der Waals surface area contributed by atoms with Crippen molar-refractivity contribution in [3.63, 3.8) is 0 Å². The first-order valence-electron chi connectivity index (χ1n) is 10.1. The molecule has 0 fully saturated rings. The Balaban J connectivity index is 1.72. The number of hydrogen-bond acceptors (Lipinski definition) is 7. The molecular weight excluding hydrogens is 466 g/mol. The molecule has 8 nitrogen and oxygen atoms in total. The molecule has 0 atom stereocenters. The first kappa shape index (κ1) is 24.8. The Kier molecular flexibility index (Phi) is 7.94. The van der Waals surface area contributed by atoms with Gasteiger partial charge in [-0.15, -0.1) is 0 Å². The minimum Gasteiger partial charge on any atom is -0.505 e. The van der Waals surface area contributed by atoms with Crippen molar-refractivity contribution in [2.45, 2.75) is 25.4 Å². The van der Waals surface area contributed by atoms with E-state index >= 15 is 0 Å². The van der Waals surface area contributed by atoms with Gasteiger partial charge in [0.15, 0.2) is 5.75 Å². The van der Waals surface area contributed by atoms with Crippen LogP contribution in [-0.4, -0.2) is 27.5 Å². The zero-order valence-corrected chi connectivity index (χ0v) is 18.6. The van der Waals surface area contributed by atoms with E-state index in [-0.39, 0.29) is 36.6 Å². The highest BCUT2D eigenvalue weighted by Crippen LogP contribution is 2.28. The number of anilines is 1. The fraction of sp³-hybridized carbons (Fsp3) is 0.217. The SMILES string of the molecule is N#Cc1cc(NCC(F)(F)c2ccccn2)nc(CC(=O)NCc2cc(Cl)ccc2CN)c1O. The summed E-state index contributed by atoms with van der Waals surface area (Å²) >= 11 is 6.00. The zero-order chi connectivity index (χ0) is 24.7. The van der Waals surface area contributed by atoms with Gasteiger partial charge in [0.2, 0.25) is 5.91 Å². The smallest absolute Gasteiger partial charge is 0.306 e. The number of pyridine rings is 2. The lowest BCUT2D eigenvalue weighted by Gasteiger charge is -2.17. The third-order valence-electron chi connectivity index (χ3n) is 4.91. The standard InChI is InChI=1S/C23H21ClF2N6O2/c24-17-5-4-14(10-27)16(7-17)12-30-21(33)9-18-22(34)15(11-28)8-20(32-18)31-13-23(25,26)19-3-1-2-6-29-19/h1-8,34H,9-10,12-13,27H2,(H,30,33)(H,31,32). The molecule has 0 saturated carbocycles. The molecule has 0 aliphatic heterocycles. The van der Waals surface area contributed by atoms with E-state index in [1.807, 2.05) is 0 Å². The molecule has 3 rings (SSSR count). The number of alkyl halides is 2. The predicted molar refractivity (Wildman–Crippen MR) is 122 cm³/mol. The number of nitriles is 1. The van der Waals surface area contributed by atoms with Crippen molar-refractivity contribution in [1.82, 2.24) is 15.3 Å². The maximum atomic E-state index is 14.4. The third-order valence-corrected chi connectivity index (χ3v) is 5.14. The molecule has 0 radical (unpaired) electrons. The summed E-state index contributed by atoms with van der Waals surface area (Å²) in [6.07, 6.45) is 0.873. The van der Waals surface area contributed by atoms with Gasteiger partial charge in [0.1, 0.15) is 17.6 Å². The fourth-order valence-corrected chi connectivity index (χ4v) is 3.32. The van der Waals surface area contributed by atoms with Crippen molar-refractivity contribution in [3.05, 3.63) is 81.8 Å². The van der Waals surface area contributed by atoms with E-state index in [4.69, 9.17) is 17.3 Å². The van der Waals surface area contributed by atoms with Gasteiger partial charge in [-0.2, -0.15) is 14.0 Å². The number of nitrogens with one attached hydrogen (secondary N) is 2. The first-order chi connectivity index (χ1) is 16.2. The van der Waals surface area contributed by atoms with Crippen LogP contribution in [0.25, 0.3) is 0 Å². The minimum absolute atomic E-state index is 0.0898. The Morgan fingerprint density at radius 2 is 2.03 bits per heavy atom. The summed E-state index contributed by atoms with van der Waals surface area (Å²) in [4.78, 5) is 20.2. The molecule has 34 heavy (non-hydrogen) atoms.